The van der Waals surface area contributed by atoms with Crippen LogP contribution in [0.15, 0.2) is 61.4 Å². The molecule has 1 N–H and O–H groups in total. The number of halogens is 2. The Balaban J connectivity index is 1.32. The largest absolute Gasteiger partial charge is 0.511 e. The summed E-state index contributed by atoms with van der Waals surface area (Å²) >= 11 is 0. The molecule has 1 saturated heterocycles. The third-order valence-electron chi connectivity index (χ3n) is 7.63. The minimum Gasteiger partial charge on any atom is -0.463 e. The van der Waals surface area contributed by atoms with E-state index in [4.69, 9.17) is 14.2 Å². The zero-order valence-electron chi connectivity index (χ0n) is 25.6. The van der Waals surface area contributed by atoms with Gasteiger partial charge in [-0.3, -0.25) is 4.90 Å². The van der Waals surface area contributed by atoms with Gasteiger partial charge in [-0.05, 0) is 61.5 Å². The van der Waals surface area contributed by atoms with Crippen molar-refractivity contribution in [1.29, 1.82) is 0 Å². The lowest BCUT2D eigenvalue weighted by Gasteiger charge is -2.38. The molecular formula is C29H32F2N9O7+. The fourth-order valence-electron chi connectivity index (χ4n) is 5.13. The van der Waals surface area contributed by atoms with Gasteiger partial charge in [-0.25, -0.2) is 32.4 Å². The topological polar surface area (TPSA) is 171 Å². The smallest absolute Gasteiger partial charge is 0.463 e. The molecule has 18 heteroatoms. The summed E-state index contributed by atoms with van der Waals surface area (Å²) in [6.07, 6.45) is 1.76. The van der Waals surface area contributed by atoms with Crippen molar-refractivity contribution in [2.24, 2.45) is 0 Å². The first kappa shape index (κ1) is 32.9. The second-order valence-corrected chi connectivity index (χ2v) is 10.6. The zero-order valence-corrected chi connectivity index (χ0v) is 25.6. The van der Waals surface area contributed by atoms with E-state index >= 15 is 4.39 Å². The van der Waals surface area contributed by atoms with E-state index in [1.165, 1.54) is 49.6 Å². The van der Waals surface area contributed by atoms with E-state index in [2.05, 4.69) is 20.6 Å². The Morgan fingerprint density at radius 1 is 1.09 bits per heavy atom. The molecule has 1 fully saturated rings. The number of amides is 2. The number of nitrogens with zero attached hydrogens (tertiary/aromatic N) is 9. The summed E-state index contributed by atoms with van der Waals surface area (Å²) in [5.41, 5.74) is -1.09. The SMILES string of the molecule is CCOC(=O)[C@H](C)OC(=O)OC[n+]1cnn(C[C@](O)(c2ccc(F)cc2F)[C@@H](C)N2CCN(c3ccc(-n4cnnn4)cc3)C2=O)c1. The second kappa shape index (κ2) is 13.9. The Hall–Kier alpha value is -5.52. The Labute approximate surface area is 266 Å². The molecule has 0 saturated carbocycles. The van der Waals surface area contributed by atoms with Gasteiger partial charge in [0.1, 0.15) is 30.1 Å². The van der Waals surface area contributed by atoms with Crippen LogP contribution in [0.25, 0.3) is 5.69 Å². The molecule has 248 valence electrons. The zero-order chi connectivity index (χ0) is 33.7. The Bertz CT molecular complexity index is 1720. The van der Waals surface area contributed by atoms with Crippen LogP contribution in [0.3, 0.4) is 0 Å². The van der Waals surface area contributed by atoms with Gasteiger partial charge >= 0.3 is 18.2 Å². The van der Waals surface area contributed by atoms with Crippen LogP contribution in [0.5, 0.6) is 0 Å². The highest BCUT2D eigenvalue weighted by atomic mass is 19.1. The molecular weight excluding hydrogens is 624 g/mol. The number of carbonyl (C=O) groups is 3. The fraction of sp³-hybridized carbons (Fsp3) is 0.379. The van der Waals surface area contributed by atoms with Crippen LogP contribution < -0.4 is 9.47 Å². The molecule has 1 aliphatic heterocycles. The first-order valence-electron chi connectivity index (χ1n) is 14.5. The quantitative estimate of drug-likeness (QED) is 0.174. The maximum atomic E-state index is 15.2. The van der Waals surface area contributed by atoms with Crippen LogP contribution in [0, 0.1) is 11.6 Å². The number of rotatable bonds is 12. The van der Waals surface area contributed by atoms with E-state index in [-0.39, 0.29) is 38.5 Å². The summed E-state index contributed by atoms with van der Waals surface area (Å²) in [7, 11) is 0. The molecule has 3 atom stereocenters. The molecule has 47 heavy (non-hydrogen) atoms. The van der Waals surface area contributed by atoms with Gasteiger partial charge in [0.15, 0.2) is 6.10 Å². The number of aromatic nitrogens is 7. The van der Waals surface area contributed by atoms with Gasteiger partial charge < -0.3 is 24.2 Å². The molecule has 4 aromatic rings. The van der Waals surface area contributed by atoms with Gasteiger partial charge in [-0.15, -0.1) is 9.78 Å². The van der Waals surface area contributed by atoms with Crippen LogP contribution in [0.2, 0.25) is 0 Å². The summed E-state index contributed by atoms with van der Waals surface area (Å²) in [5.74, 6) is -2.58. The highest BCUT2D eigenvalue weighted by Gasteiger charge is 2.47. The van der Waals surface area contributed by atoms with Crippen LogP contribution in [0.1, 0.15) is 26.3 Å². The van der Waals surface area contributed by atoms with Crippen molar-refractivity contribution in [3.05, 3.63) is 78.6 Å². The number of carbonyl (C=O) groups excluding carboxylic acids is 3. The number of tetrazole rings is 1. The highest BCUT2D eigenvalue weighted by molar-refractivity contribution is 5.94. The molecule has 0 spiro atoms. The minimum absolute atomic E-state index is 0.116. The van der Waals surface area contributed by atoms with E-state index in [0.717, 1.165) is 12.1 Å². The summed E-state index contributed by atoms with van der Waals surface area (Å²) in [4.78, 5) is 40.3. The highest BCUT2D eigenvalue weighted by Crippen LogP contribution is 2.35. The normalized spacial score (nSPS) is 15.7. The van der Waals surface area contributed by atoms with Gasteiger partial charge in [0.25, 0.3) is 6.33 Å². The number of hydrogen-bond acceptors (Lipinski definition) is 11. The third-order valence-corrected chi connectivity index (χ3v) is 7.63. The van der Waals surface area contributed by atoms with Gasteiger partial charge in [-0.2, -0.15) is 0 Å². The summed E-state index contributed by atoms with van der Waals surface area (Å²) in [6.45, 7) is 4.34. The number of esters is 1. The first-order valence-corrected chi connectivity index (χ1v) is 14.5. The average molecular weight is 657 g/mol. The van der Waals surface area contributed by atoms with Crippen molar-refractivity contribution in [1.82, 2.24) is 34.9 Å². The summed E-state index contributed by atoms with van der Waals surface area (Å²) in [5, 5.41) is 27.4. The fourth-order valence-corrected chi connectivity index (χ4v) is 5.13. The van der Waals surface area contributed by atoms with Crippen LogP contribution >= 0.6 is 0 Å². The molecule has 0 aliphatic carbocycles. The molecule has 0 unspecified atom stereocenters. The molecule has 1 aliphatic rings. The molecule has 0 bridgehead atoms. The van der Waals surface area contributed by atoms with Crippen molar-refractivity contribution < 1.29 is 47.0 Å². The number of hydrogen-bond donors (Lipinski definition) is 1. The van der Waals surface area contributed by atoms with Crippen molar-refractivity contribution >= 4 is 23.8 Å². The van der Waals surface area contributed by atoms with Gasteiger partial charge in [0.2, 0.25) is 13.1 Å². The Morgan fingerprint density at radius 2 is 1.83 bits per heavy atom. The standard InChI is InChI=1S/C29H32F2N9O7/c1-4-45-26(41)19(2)47-28(43)46-18-36-16-33-37(17-36)14-29(44,24-10-5-21(30)13-25(24)31)20(3)38-11-12-39(27(38)42)22-6-8-23(9-7-22)40-15-32-34-35-40/h5-10,13,15-17,19-20,44H,4,11-12,14,18H2,1-3H3/q+1/t19-,20+,29+/m0/s1. The predicted molar refractivity (Wildman–Crippen MR) is 154 cm³/mol. The van der Waals surface area contributed by atoms with Crippen molar-refractivity contribution in [2.45, 2.75) is 51.8 Å². The predicted octanol–water partition coefficient (Wildman–Crippen LogP) is 1.71. The van der Waals surface area contributed by atoms with Crippen molar-refractivity contribution in [3.8, 4) is 5.69 Å². The monoisotopic (exact) mass is 656 g/mol. The number of ether oxygens (including phenoxy) is 3. The van der Waals surface area contributed by atoms with Gasteiger partial charge in [-0.1, -0.05) is 6.07 Å². The third kappa shape index (κ3) is 7.16. The summed E-state index contributed by atoms with van der Waals surface area (Å²) < 4.78 is 47.9. The minimum atomic E-state index is -2.11. The van der Waals surface area contributed by atoms with E-state index in [1.807, 2.05) is 0 Å². The maximum Gasteiger partial charge on any atom is 0.511 e. The van der Waals surface area contributed by atoms with Gasteiger partial charge in [0.05, 0.1) is 18.3 Å². The van der Waals surface area contributed by atoms with E-state index in [9.17, 15) is 23.9 Å². The molecule has 5 rings (SSSR count). The number of aliphatic hydroxyl groups is 1. The molecule has 0 radical (unpaired) electrons. The lowest BCUT2D eigenvalue weighted by atomic mass is 9.85. The maximum absolute atomic E-state index is 15.2. The average Bonchev–Trinajstić information content (AvgIpc) is 3.82. The Kier molecular flexibility index (Phi) is 9.69. The van der Waals surface area contributed by atoms with E-state index in [1.54, 1.807) is 38.1 Å². The van der Waals surface area contributed by atoms with E-state index < -0.39 is 47.5 Å². The number of urea groups is 1. The first-order chi connectivity index (χ1) is 22.5. The van der Waals surface area contributed by atoms with Crippen molar-refractivity contribution in [2.75, 3.05) is 24.6 Å². The lowest BCUT2D eigenvalue weighted by molar-refractivity contribution is -0.728. The lowest BCUT2D eigenvalue weighted by Crippen LogP contribution is -2.53. The second-order valence-electron chi connectivity index (χ2n) is 10.6. The molecule has 2 aromatic carbocycles. The Morgan fingerprint density at radius 3 is 2.51 bits per heavy atom. The molecule has 16 nitrogen and oxygen atoms in total. The van der Waals surface area contributed by atoms with E-state index in [0.29, 0.717) is 17.4 Å². The summed E-state index contributed by atoms with van der Waals surface area (Å²) in [6, 6.07) is 8.26. The molecule has 3 heterocycles. The molecule has 2 amide bonds. The number of benzene rings is 2. The van der Waals surface area contributed by atoms with Gasteiger partial charge in [0, 0.05) is 35.5 Å². The number of anilines is 1. The van der Waals surface area contributed by atoms with Crippen LogP contribution in [-0.2, 0) is 37.9 Å². The van der Waals surface area contributed by atoms with Crippen molar-refractivity contribution in [3.63, 3.8) is 0 Å². The molecule has 2 aromatic heterocycles. The van der Waals surface area contributed by atoms with Crippen LogP contribution in [0.4, 0.5) is 24.1 Å². The van der Waals surface area contributed by atoms with Crippen LogP contribution in [-0.4, -0.2) is 90.0 Å².